The van der Waals surface area contributed by atoms with Gasteiger partial charge in [-0.05, 0) is 49.0 Å². The second kappa shape index (κ2) is 7.56. The van der Waals surface area contributed by atoms with Crippen LogP contribution in [0.5, 0.6) is 0 Å². The number of aliphatic carboxylic acids is 1. The molecule has 0 bridgehead atoms. The van der Waals surface area contributed by atoms with E-state index in [-0.39, 0.29) is 5.75 Å². The molecule has 0 saturated heterocycles. The highest BCUT2D eigenvalue weighted by Gasteiger charge is 2.25. The zero-order chi connectivity index (χ0) is 19.1. The molecule has 0 atom stereocenters. The number of thioether (sulfide) groups is 2. The molecule has 0 radical (unpaired) electrons. The zero-order valence-corrected chi connectivity index (χ0v) is 18.0. The monoisotopic (exact) mass is 419 g/mol. The van der Waals surface area contributed by atoms with Crippen LogP contribution in [0.1, 0.15) is 37.1 Å². The third kappa shape index (κ3) is 3.54. The molecule has 1 aliphatic rings. The number of thiophene rings is 1. The summed E-state index contributed by atoms with van der Waals surface area (Å²) in [5, 5.41) is 11.7. The number of rotatable bonds is 6. The smallest absolute Gasteiger partial charge is 0.313 e. The van der Waals surface area contributed by atoms with Crippen molar-refractivity contribution in [1.82, 2.24) is 15.0 Å². The zero-order valence-electron chi connectivity index (χ0n) is 15.5. The number of carboxylic acid groups (broad SMARTS) is 1. The lowest BCUT2D eigenvalue weighted by Gasteiger charge is -2.11. The van der Waals surface area contributed by atoms with Crippen molar-refractivity contribution in [3.63, 3.8) is 0 Å². The molecule has 1 aliphatic carbocycles. The fraction of sp³-hybridized carbons (Fsp3) is 0.474. The maximum Gasteiger partial charge on any atom is 0.313 e. The van der Waals surface area contributed by atoms with Crippen molar-refractivity contribution in [2.45, 2.75) is 49.7 Å². The molecule has 27 heavy (non-hydrogen) atoms. The maximum absolute atomic E-state index is 11.1. The van der Waals surface area contributed by atoms with Gasteiger partial charge in [-0.25, -0.2) is 15.0 Å². The minimum atomic E-state index is -0.836. The van der Waals surface area contributed by atoms with E-state index in [4.69, 9.17) is 15.1 Å². The number of aromatic nitrogens is 3. The molecule has 0 spiro atoms. The SMILES string of the molecule is CSc1nc(SCC(=O)O)c2sc3nc(CC(C)C)c4c(c3c2n1)CCC4. The Kier molecular flexibility index (Phi) is 5.31. The normalized spacial score (nSPS) is 13.8. The number of carbonyl (C=O) groups is 1. The van der Waals surface area contributed by atoms with Gasteiger partial charge >= 0.3 is 5.97 Å². The first-order chi connectivity index (χ1) is 13.0. The molecule has 142 valence electrons. The van der Waals surface area contributed by atoms with Gasteiger partial charge in [0.1, 0.15) is 9.86 Å². The third-order valence-electron chi connectivity index (χ3n) is 4.68. The summed E-state index contributed by atoms with van der Waals surface area (Å²) in [6.45, 7) is 4.46. The predicted octanol–water partition coefficient (Wildman–Crippen LogP) is 4.83. The molecule has 3 heterocycles. The molecule has 3 aromatic rings. The van der Waals surface area contributed by atoms with Crippen molar-refractivity contribution >= 4 is 61.3 Å². The first-order valence-electron chi connectivity index (χ1n) is 9.01. The van der Waals surface area contributed by atoms with Crippen LogP contribution >= 0.6 is 34.9 Å². The van der Waals surface area contributed by atoms with E-state index in [0.717, 1.165) is 39.3 Å². The van der Waals surface area contributed by atoms with Gasteiger partial charge < -0.3 is 5.11 Å². The molecule has 0 saturated carbocycles. The van der Waals surface area contributed by atoms with Crippen LogP contribution in [0, 0.1) is 5.92 Å². The van der Waals surface area contributed by atoms with E-state index in [0.29, 0.717) is 11.1 Å². The number of nitrogens with zero attached hydrogens (tertiary/aromatic N) is 3. The van der Waals surface area contributed by atoms with Crippen LogP contribution in [0.3, 0.4) is 0 Å². The number of hydrogen-bond acceptors (Lipinski definition) is 7. The highest BCUT2D eigenvalue weighted by molar-refractivity contribution is 8.00. The third-order valence-corrected chi connectivity index (χ3v) is 7.40. The lowest BCUT2D eigenvalue weighted by molar-refractivity contribution is -0.133. The lowest BCUT2D eigenvalue weighted by atomic mass is 9.99. The highest BCUT2D eigenvalue weighted by atomic mass is 32.2. The molecule has 0 unspecified atom stereocenters. The van der Waals surface area contributed by atoms with Gasteiger partial charge in [0.15, 0.2) is 5.16 Å². The Morgan fingerprint density at radius 1 is 1.22 bits per heavy atom. The standard InChI is InChI=1S/C19H21N3O2S3/c1-9(2)7-12-10-5-4-6-11(10)14-15-16(27-17(14)20-12)18(26-8-13(23)24)22-19(21-15)25-3/h9H,4-8H2,1-3H3,(H,23,24). The minimum absolute atomic E-state index is 0.00167. The highest BCUT2D eigenvalue weighted by Crippen LogP contribution is 2.43. The molecule has 0 fully saturated rings. The van der Waals surface area contributed by atoms with E-state index in [1.807, 2.05) is 6.26 Å². The van der Waals surface area contributed by atoms with Crippen LogP contribution in [0.2, 0.25) is 0 Å². The Bertz CT molecular complexity index is 1050. The first-order valence-corrected chi connectivity index (χ1v) is 12.0. The van der Waals surface area contributed by atoms with Gasteiger partial charge in [-0.15, -0.1) is 11.3 Å². The topological polar surface area (TPSA) is 76.0 Å². The van der Waals surface area contributed by atoms with Crippen LogP contribution in [0.15, 0.2) is 10.2 Å². The molecule has 0 amide bonds. The van der Waals surface area contributed by atoms with E-state index in [1.165, 1.54) is 52.2 Å². The van der Waals surface area contributed by atoms with Crippen molar-refractivity contribution < 1.29 is 9.90 Å². The van der Waals surface area contributed by atoms with Crippen molar-refractivity contribution in [2.24, 2.45) is 5.92 Å². The molecule has 1 N–H and O–H groups in total. The second-order valence-corrected chi connectivity index (χ2v) is 9.86. The summed E-state index contributed by atoms with van der Waals surface area (Å²) in [6.07, 6.45) is 6.28. The van der Waals surface area contributed by atoms with Gasteiger partial charge in [-0.2, -0.15) is 0 Å². The number of aryl methyl sites for hydroxylation is 1. The van der Waals surface area contributed by atoms with Crippen molar-refractivity contribution in [3.05, 3.63) is 16.8 Å². The summed E-state index contributed by atoms with van der Waals surface area (Å²) in [5.74, 6) is -0.270. The van der Waals surface area contributed by atoms with Crippen LogP contribution in [-0.4, -0.2) is 38.0 Å². The summed E-state index contributed by atoms with van der Waals surface area (Å²) in [7, 11) is 0. The number of carboxylic acids is 1. The summed E-state index contributed by atoms with van der Waals surface area (Å²) in [4.78, 5) is 26.5. The Morgan fingerprint density at radius 3 is 2.70 bits per heavy atom. The fourth-order valence-electron chi connectivity index (χ4n) is 3.67. The second-order valence-electron chi connectivity index (χ2n) is 7.12. The van der Waals surface area contributed by atoms with E-state index in [2.05, 4.69) is 18.8 Å². The molecule has 0 aromatic carbocycles. The average Bonchev–Trinajstić information content (AvgIpc) is 3.22. The fourth-order valence-corrected chi connectivity index (χ4v) is 6.09. The summed E-state index contributed by atoms with van der Waals surface area (Å²) >= 11 is 4.37. The van der Waals surface area contributed by atoms with Crippen LogP contribution < -0.4 is 0 Å². The largest absolute Gasteiger partial charge is 0.481 e. The van der Waals surface area contributed by atoms with E-state index in [1.54, 1.807) is 11.3 Å². The number of pyridine rings is 1. The van der Waals surface area contributed by atoms with E-state index < -0.39 is 5.97 Å². The molecule has 3 aromatic heterocycles. The van der Waals surface area contributed by atoms with Gasteiger partial charge in [0.05, 0.1) is 16.0 Å². The molecular formula is C19H21N3O2S3. The molecule has 8 heteroatoms. The van der Waals surface area contributed by atoms with Gasteiger partial charge in [0.2, 0.25) is 0 Å². The van der Waals surface area contributed by atoms with Gasteiger partial charge in [-0.3, -0.25) is 4.79 Å². The van der Waals surface area contributed by atoms with Crippen LogP contribution in [0.25, 0.3) is 20.4 Å². The molecule has 4 rings (SSSR count). The Balaban J connectivity index is 1.98. The summed E-state index contributed by atoms with van der Waals surface area (Å²) in [6, 6.07) is 0. The average molecular weight is 420 g/mol. The first kappa shape index (κ1) is 19.0. The van der Waals surface area contributed by atoms with E-state index in [9.17, 15) is 4.79 Å². The van der Waals surface area contributed by atoms with Crippen molar-refractivity contribution in [2.75, 3.05) is 12.0 Å². The summed E-state index contributed by atoms with van der Waals surface area (Å²) < 4.78 is 0.970. The Morgan fingerprint density at radius 2 is 2.00 bits per heavy atom. The lowest BCUT2D eigenvalue weighted by Crippen LogP contribution is -2.03. The van der Waals surface area contributed by atoms with Crippen molar-refractivity contribution in [1.29, 1.82) is 0 Å². The molecule has 5 nitrogen and oxygen atoms in total. The number of fused-ring (bicyclic) bond motifs is 5. The van der Waals surface area contributed by atoms with E-state index >= 15 is 0 Å². The molecular weight excluding hydrogens is 398 g/mol. The van der Waals surface area contributed by atoms with Gasteiger partial charge in [-0.1, -0.05) is 37.4 Å². The van der Waals surface area contributed by atoms with Crippen molar-refractivity contribution in [3.8, 4) is 0 Å². The number of hydrogen-bond donors (Lipinski definition) is 1. The quantitative estimate of drug-likeness (QED) is 0.348. The summed E-state index contributed by atoms with van der Waals surface area (Å²) in [5.41, 5.74) is 5.00. The maximum atomic E-state index is 11.1. The minimum Gasteiger partial charge on any atom is -0.481 e. The van der Waals surface area contributed by atoms with Crippen LogP contribution in [0.4, 0.5) is 0 Å². The Labute approximate surface area is 170 Å². The van der Waals surface area contributed by atoms with Gasteiger partial charge in [0.25, 0.3) is 0 Å². The van der Waals surface area contributed by atoms with Crippen LogP contribution in [-0.2, 0) is 24.1 Å². The van der Waals surface area contributed by atoms with Gasteiger partial charge in [0, 0.05) is 11.1 Å². The predicted molar refractivity (Wildman–Crippen MR) is 113 cm³/mol. The Hall–Kier alpha value is -1.38. The molecule has 0 aliphatic heterocycles.